The van der Waals surface area contributed by atoms with Crippen LogP contribution in [0.5, 0.6) is 0 Å². The summed E-state index contributed by atoms with van der Waals surface area (Å²) in [4.78, 5) is 28.5. The van der Waals surface area contributed by atoms with E-state index in [0.29, 0.717) is 29.9 Å². The number of nitrogens with two attached hydrogens (primary N) is 1. The van der Waals surface area contributed by atoms with Crippen LogP contribution < -0.4 is 16.0 Å². The van der Waals surface area contributed by atoms with Gasteiger partial charge in [-0.15, -0.1) is 0 Å². The zero-order valence-electron chi connectivity index (χ0n) is 16.8. The molecule has 7 heteroatoms. The van der Waals surface area contributed by atoms with Crippen LogP contribution in [0, 0.1) is 24.1 Å². The first-order valence-electron chi connectivity index (χ1n) is 10.0. The molecular weight excluding hydrogens is 395 g/mol. The number of carbonyl (C=O) groups is 2. The predicted octanol–water partition coefficient (Wildman–Crippen LogP) is 3.55. The van der Waals surface area contributed by atoms with Gasteiger partial charge in [0.15, 0.2) is 5.78 Å². The van der Waals surface area contributed by atoms with Crippen LogP contribution in [-0.4, -0.2) is 11.7 Å². The number of nitrogens with zero attached hydrogens (tertiary/aromatic N) is 2. The Morgan fingerprint density at radius 1 is 1.19 bits per heavy atom. The molecule has 2 aromatic carbocycles. The molecule has 3 aliphatic rings. The van der Waals surface area contributed by atoms with Gasteiger partial charge < -0.3 is 11.1 Å². The van der Waals surface area contributed by atoms with Crippen LogP contribution in [0.2, 0.25) is 0 Å². The van der Waals surface area contributed by atoms with Crippen molar-refractivity contribution in [2.45, 2.75) is 31.6 Å². The van der Waals surface area contributed by atoms with Crippen molar-refractivity contribution < 1.29 is 14.0 Å². The number of allylic oxidation sites excluding steroid dienone is 1. The molecule has 0 fully saturated rings. The second kappa shape index (κ2) is 6.54. The fourth-order valence-corrected chi connectivity index (χ4v) is 5.02. The van der Waals surface area contributed by atoms with Gasteiger partial charge >= 0.3 is 0 Å². The first-order valence-corrected chi connectivity index (χ1v) is 10.0. The molecule has 2 heterocycles. The van der Waals surface area contributed by atoms with E-state index in [1.54, 1.807) is 4.90 Å². The molecule has 0 unspecified atom stereocenters. The van der Waals surface area contributed by atoms with Gasteiger partial charge in [0, 0.05) is 34.6 Å². The molecule has 1 atom stereocenters. The van der Waals surface area contributed by atoms with E-state index in [4.69, 9.17) is 5.73 Å². The van der Waals surface area contributed by atoms with Crippen LogP contribution in [0.25, 0.3) is 0 Å². The van der Waals surface area contributed by atoms with Gasteiger partial charge in [0.2, 0.25) is 5.91 Å². The number of Topliss-reactive ketones (excluding diaryl/α,β-unsaturated/α-hetero) is 1. The number of fused-ring (bicyclic) bond motifs is 3. The number of anilines is 2. The van der Waals surface area contributed by atoms with E-state index in [1.807, 2.05) is 31.2 Å². The fraction of sp³-hybridized carbons (Fsp3) is 0.208. The van der Waals surface area contributed by atoms with E-state index >= 15 is 0 Å². The summed E-state index contributed by atoms with van der Waals surface area (Å²) >= 11 is 0. The zero-order chi connectivity index (χ0) is 21.9. The lowest BCUT2D eigenvalue weighted by molar-refractivity contribution is -0.122. The molecule has 0 bridgehead atoms. The molecule has 5 rings (SSSR count). The first-order chi connectivity index (χ1) is 14.9. The number of halogens is 1. The SMILES string of the molecule is Cc1cccc(N2C(N)=C(C#N)[C@@]3(C(=O)Nc4ccc(F)cc43)C3=C2CCCC3=O)c1. The molecule has 31 heavy (non-hydrogen) atoms. The number of benzene rings is 2. The molecule has 0 saturated carbocycles. The van der Waals surface area contributed by atoms with Gasteiger partial charge in [0.1, 0.15) is 23.1 Å². The number of aryl methyl sites for hydroxylation is 1. The van der Waals surface area contributed by atoms with Gasteiger partial charge in [-0.1, -0.05) is 12.1 Å². The quantitative estimate of drug-likeness (QED) is 0.744. The molecule has 2 aliphatic heterocycles. The Labute approximate surface area is 178 Å². The first kappa shape index (κ1) is 19.1. The monoisotopic (exact) mass is 414 g/mol. The van der Waals surface area contributed by atoms with E-state index in [2.05, 4.69) is 11.4 Å². The second-order valence-electron chi connectivity index (χ2n) is 8.04. The van der Waals surface area contributed by atoms with Gasteiger partial charge in [-0.2, -0.15) is 5.26 Å². The van der Waals surface area contributed by atoms with Crippen molar-refractivity contribution in [1.29, 1.82) is 5.26 Å². The highest BCUT2D eigenvalue weighted by Crippen LogP contribution is 2.55. The summed E-state index contributed by atoms with van der Waals surface area (Å²) in [6.07, 6.45) is 1.36. The van der Waals surface area contributed by atoms with Gasteiger partial charge in [0.05, 0.1) is 5.57 Å². The highest BCUT2D eigenvalue weighted by atomic mass is 19.1. The number of hydrogen-bond donors (Lipinski definition) is 2. The Morgan fingerprint density at radius 3 is 2.74 bits per heavy atom. The lowest BCUT2D eigenvalue weighted by Crippen LogP contribution is -2.50. The number of rotatable bonds is 1. The number of nitrogens with one attached hydrogen (secondary N) is 1. The molecule has 154 valence electrons. The standard InChI is InChI=1S/C24H19FN4O2/c1-13-4-2-5-15(10-13)29-19-6-3-7-20(30)21(19)24(17(12-26)22(29)27)16-11-14(25)8-9-18(16)28-23(24)31/h2,4-5,8-11H,3,6-7,27H2,1H3,(H,28,31)/t24-/m1/s1. The van der Waals surface area contributed by atoms with Crippen molar-refractivity contribution in [3.05, 3.63) is 82.1 Å². The van der Waals surface area contributed by atoms with E-state index in [1.165, 1.54) is 18.2 Å². The molecule has 1 spiro atoms. The zero-order valence-corrected chi connectivity index (χ0v) is 16.8. The van der Waals surface area contributed by atoms with Gasteiger partial charge in [-0.05, 0) is 55.7 Å². The Morgan fingerprint density at radius 2 is 2.00 bits per heavy atom. The molecule has 1 amide bonds. The van der Waals surface area contributed by atoms with Crippen LogP contribution >= 0.6 is 0 Å². The van der Waals surface area contributed by atoms with Crippen LogP contribution in [0.1, 0.15) is 30.4 Å². The average molecular weight is 414 g/mol. The Bertz CT molecular complexity index is 1290. The molecule has 3 N–H and O–H groups in total. The maximum absolute atomic E-state index is 14.3. The summed E-state index contributed by atoms with van der Waals surface area (Å²) < 4.78 is 14.3. The summed E-state index contributed by atoms with van der Waals surface area (Å²) in [5.74, 6) is -1.27. The average Bonchev–Trinajstić information content (AvgIpc) is 3.00. The van der Waals surface area contributed by atoms with Crippen molar-refractivity contribution in [2.24, 2.45) is 5.73 Å². The summed E-state index contributed by atoms with van der Waals surface area (Å²) in [6.45, 7) is 1.94. The molecule has 0 aromatic heterocycles. The Hall–Kier alpha value is -3.92. The maximum atomic E-state index is 14.3. The van der Waals surface area contributed by atoms with Crippen molar-refractivity contribution in [3.8, 4) is 6.07 Å². The number of hydrogen-bond acceptors (Lipinski definition) is 5. The Balaban J connectivity index is 1.90. The lowest BCUT2D eigenvalue weighted by atomic mass is 9.64. The summed E-state index contributed by atoms with van der Waals surface area (Å²) in [6, 6.07) is 13.5. The normalized spacial score (nSPS) is 22.4. The van der Waals surface area contributed by atoms with E-state index in [9.17, 15) is 19.2 Å². The van der Waals surface area contributed by atoms with Crippen molar-refractivity contribution in [3.63, 3.8) is 0 Å². The van der Waals surface area contributed by atoms with E-state index < -0.39 is 17.1 Å². The number of carbonyl (C=O) groups excluding carboxylic acids is 2. The largest absolute Gasteiger partial charge is 0.384 e. The minimum atomic E-state index is -1.75. The van der Waals surface area contributed by atoms with E-state index in [-0.39, 0.29) is 34.7 Å². The van der Waals surface area contributed by atoms with Gasteiger partial charge in [0.25, 0.3) is 0 Å². The number of nitriles is 1. The van der Waals surface area contributed by atoms with Crippen LogP contribution in [0.3, 0.4) is 0 Å². The summed E-state index contributed by atoms with van der Waals surface area (Å²) in [5.41, 5.74) is 7.86. The molecular formula is C24H19FN4O2. The highest BCUT2D eigenvalue weighted by molar-refractivity contribution is 6.19. The van der Waals surface area contributed by atoms with Crippen molar-refractivity contribution in [2.75, 3.05) is 10.2 Å². The minimum Gasteiger partial charge on any atom is -0.384 e. The van der Waals surface area contributed by atoms with E-state index in [0.717, 1.165) is 5.56 Å². The minimum absolute atomic E-state index is 0.0649. The second-order valence-corrected chi connectivity index (χ2v) is 8.04. The number of ketones is 1. The smallest absolute Gasteiger partial charge is 0.245 e. The molecule has 0 radical (unpaired) electrons. The summed E-state index contributed by atoms with van der Waals surface area (Å²) in [7, 11) is 0. The van der Waals surface area contributed by atoms with Gasteiger partial charge in [-0.3, -0.25) is 14.5 Å². The number of amides is 1. The third-order valence-corrected chi connectivity index (χ3v) is 6.25. The van der Waals surface area contributed by atoms with Crippen LogP contribution in [-0.2, 0) is 15.0 Å². The maximum Gasteiger partial charge on any atom is 0.245 e. The molecule has 2 aromatic rings. The Kier molecular flexibility index (Phi) is 4.02. The fourth-order valence-electron chi connectivity index (χ4n) is 5.02. The third-order valence-electron chi connectivity index (χ3n) is 6.25. The van der Waals surface area contributed by atoms with Gasteiger partial charge in [-0.25, -0.2) is 4.39 Å². The predicted molar refractivity (Wildman–Crippen MR) is 113 cm³/mol. The molecule has 6 nitrogen and oxygen atoms in total. The van der Waals surface area contributed by atoms with Crippen LogP contribution in [0.4, 0.5) is 15.8 Å². The van der Waals surface area contributed by atoms with Crippen molar-refractivity contribution in [1.82, 2.24) is 0 Å². The third kappa shape index (κ3) is 2.42. The molecule has 0 saturated heterocycles. The molecule has 1 aliphatic carbocycles. The highest BCUT2D eigenvalue weighted by Gasteiger charge is 2.60. The topological polar surface area (TPSA) is 99.2 Å². The summed E-state index contributed by atoms with van der Waals surface area (Å²) in [5, 5.41) is 12.9. The van der Waals surface area contributed by atoms with Crippen LogP contribution in [0.15, 0.2) is 65.1 Å². The van der Waals surface area contributed by atoms with Crippen molar-refractivity contribution >= 4 is 23.1 Å². The lowest BCUT2D eigenvalue weighted by Gasteiger charge is -2.43.